The van der Waals surface area contributed by atoms with Gasteiger partial charge in [0.25, 0.3) is 5.78 Å². The molecule has 1 N–H and O–H groups in total. The van der Waals surface area contributed by atoms with Crippen molar-refractivity contribution in [2.45, 2.75) is 26.4 Å². The van der Waals surface area contributed by atoms with Crippen molar-refractivity contribution in [1.29, 1.82) is 0 Å². The third-order valence-electron chi connectivity index (χ3n) is 3.36. The van der Waals surface area contributed by atoms with Crippen molar-refractivity contribution < 1.29 is 28.6 Å². The first-order valence-electron chi connectivity index (χ1n) is 7.24. The van der Waals surface area contributed by atoms with E-state index in [2.05, 4.69) is 5.32 Å². The Bertz CT molecular complexity index is 776. The lowest BCUT2D eigenvalue weighted by Gasteiger charge is -2.24. The first kappa shape index (κ1) is 19.1. The van der Waals surface area contributed by atoms with Crippen molar-refractivity contribution in [3.63, 3.8) is 0 Å². The fraction of sp³-hybridized carbons (Fsp3) is 0.312. The average Bonchev–Trinajstić information content (AvgIpc) is 2.75. The van der Waals surface area contributed by atoms with Gasteiger partial charge in [0.05, 0.1) is 16.7 Å². The molecule has 1 aliphatic heterocycles. The van der Waals surface area contributed by atoms with Crippen LogP contribution < -0.4 is 5.32 Å². The van der Waals surface area contributed by atoms with Gasteiger partial charge in [-0.15, -0.1) is 0 Å². The van der Waals surface area contributed by atoms with Crippen LogP contribution in [0, 0.1) is 0 Å². The number of hydrogen-bond acceptors (Lipinski definition) is 6. The standard InChI is InChI=1S/C16H15Cl2NO6/c1-4-23-15(22)19-14-12(24-8(2)20)13(21)16(3,25-14)9-5-6-10(17)11(18)7-9/h5-7H,4H2,1-3H3,(H,19,22). The molecule has 0 aliphatic carbocycles. The lowest BCUT2D eigenvalue weighted by molar-refractivity contribution is -0.142. The summed E-state index contributed by atoms with van der Waals surface area (Å²) in [6.07, 6.45) is -0.853. The number of amides is 1. The molecule has 0 fully saturated rings. The van der Waals surface area contributed by atoms with Gasteiger partial charge in [0, 0.05) is 12.5 Å². The zero-order chi connectivity index (χ0) is 18.8. The SMILES string of the molecule is CCOC(=O)NC1=C(OC(C)=O)C(=O)C(C)(c2ccc(Cl)c(Cl)c2)O1. The number of esters is 1. The summed E-state index contributed by atoms with van der Waals surface area (Å²) >= 11 is 11.9. The first-order valence-corrected chi connectivity index (χ1v) is 8.00. The summed E-state index contributed by atoms with van der Waals surface area (Å²) in [5, 5.41) is 2.78. The third kappa shape index (κ3) is 3.88. The molecule has 0 radical (unpaired) electrons. The van der Waals surface area contributed by atoms with Gasteiger partial charge in [0.1, 0.15) is 0 Å². The third-order valence-corrected chi connectivity index (χ3v) is 4.10. The molecule has 2 rings (SSSR count). The van der Waals surface area contributed by atoms with Gasteiger partial charge in [-0.05, 0) is 26.0 Å². The molecule has 1 amide bonds. The van der Waals surface area contributed by atoms with E-state index in [0.717, 1.165) is 6.92 Å². The van der Waals surface area contributed by atoms with E-state index < -0.39 is 29.2 Å². The number of alkyl carbamates (subject to hydrolysis) is 1. The highest BCUT2D eigenvalue weighted by atomic mass is 35.5. The molecule has 1 aromatic rings. The second kappa shape index (κ2) is 7.33. The smallest absolute Gasteiger partial charge is 0.414 e. The molecule has 25 heavy (non-hydrogen) atoms. The number of Topliss-reactive ketones (excluding diaryl/α,β-unsaturated/α-hetero) is 1. The number of ether oxygens (including phenoxy) is 3. The van der Waals surface area contributed by atoms with Crippen LogP contribution in [0.25, 0.3) is 0 Å². The number of hydrogen-bond donors (Lipinski definition) is 1. The second-order valence-electron chi connectivity index (χ2n) is 5.19. The number of carbonyl (C=O) groups is 3. The van der Waals surface area contributed by atoms with E-state index in [-0.39, 0.29) is 17.5 Å². The van der Waals surface area contributed by atoms with Crippen molar-refractivity contribution in [3.05, 3.63) is 45.5 Å². The Balaban J connectivity index is 2.41. The maximum atomic E-state index is 12.8. The largest absolute Gasteiger partial charge is 0.456 e. The quantitative estimate of drug-likeness (QED) is 0.797. The van der Waals surface area contributed by atoms with E-state index in [9.17, 15) is 14.4 Å². The highest BCUT2D eigenvalue weighted by molar-refractivity contribution is 6.42. The predicted octanol–water partition coefficient (Wildman–Crippen LogP) is 3.29. The Morgan fingerprint density at radius 1 is 1.28 bits per heavy atom. The minimum Gasteiger partial charge on any atom is -0.456 e. The summed E-state index contributed by atoms with van der Waals surface area (Å²) in [5.74, 6) is -2.14. The lowest BCUT2D eigenvalue weighted by Crippen LogP contribution is -2.32. The number of carbonyl (C=O) groups excluding carboxylic acids is 3. The van der Waals surface area contributed by atoms with Gasteiger partial charge in [0.2, 0.25) is 11.6 Å². The normalized spacial score (nSPS) is 19.5. The van der Waals surface area contributed by atoms with Crippen molar-refractivity contribution in [1.82, 2.24) is 5.32 Å². The monoisotopic (exact) mass is 387 g/mol. The Hall–Kier alpha value is -2.25. The van der Waals surface area contributed by atoms with Crippen LogP contribution in [-0.4, -0.2) is 24.5 Å². The van der Waals surface area contributed by atoms with E-state index in [1.165, 1.54) is 19.1 Å². The minimum absolute atomic E-state index is 0.111. The molecule has 1 aliphatic rings. The molecule has 0 saturated heterocycles. The number of ketones is 1. The van der Waals surface area contributed by atoms with Crippen LogP contribution in [0.15, 0.2) is 29.8 Å². The lowest BCUT2D eigenvalue weighted by atomic mass is 9.91. The van der Waals surface area contributed by atoms with Crippen LogP contribution in [0.2, 0.25) is 10.0 Å². The molecule has 1 atom stereocenters. The first-order chi connectivity index (χ1) is 11.7. The Kier molecular flexibility index (Phi) is 5.59. The van der Waals surface area contributed by atoms with Gasteiger partial charge in [0.15, 0.2) is 5.60 Å². The topological polar surface area (TPSA) is 90.9 Å². The van der Waals surface area contributed by atoms with Crippen molar-refractivity contribution in [2.24, 2.45) is 0 Å². The van der Waals surface area contributed by atoms with E-state index in [4.69, 9.17) is 37.4 Å². The van der Waals surface area contributed by atoms with Crippen LogP contribution in [0.5, 0.6) is 0 Å². The molecule has 9 heteroatoms. The van der Waals surface area contributed by atoms with Crippen LogP contribution in [-0.2, 0) is 29.4 Å². The van der Waals surface area contributed by atoms with E-state index >= 15 is 0 Å². The minimum atomic E-state index is -1.56. The molecule has 1 unspecified atom stereocenters. The fourth-order valence-electron chi connectivity index (χ4n) is 2.18. The van der Waals surface area contributed by atoms with Crippen LogP contribution in [0.4, 0.5) is 4.79 Å². The number of halogens is 2. The molecule has 0 saturated carbocycles. The number of nitrogens with one attached hydrogen (secondary N) is 1. The highest BCUT2D eigenvalue weighted by Gasteiger charge is 2.50. The Morgan fingerprint density at radius 3 is 2.52 bits per heavy atom. The van der Waals surface area contributed by atoms with Gasteiger partial charge < -0.3 is 14.2 Å². The Morgan fingerprint density at radius 2 is 1.96 bits per heavy atom. The summed E-state index contributed by atoms with van der Waals surface area (Å²) in [5.41, 5.74) is -1.19. The molecule has 1 heterocycles. The fourth-order valence-corrected chi connectivity index (χ4v) is 2.48. The molecule has 0 aromatic heterocycles. The maximum Gasteiger partial charge on any atom is 0.414 e. The van der Waals surface area contributed by atoms with Crippen molar-refractivity contribution in [3.8, 4) is 0 Å². The molecular formula is C16H15Cl2NO6. The molecular weight excluding hydrogens is 373 g/mol. The zero-order valence-electron chi connectivity index (χ0n) is 13.6. The van der Waals surface area contributed by atoms with Crippen LogP contribution >= 0.6 is 23.2 Å². The maximum absolute atomic E-state index is 12.8. The highest BCUT2D eigenvalue weighted by Crippen LogP contribution is 2.40. The molecule has 1 aromatic carbocycles. The van der Waals surface area contributed by atoms with Gasteiger partial charge >= 0.3 is 12.1 Å². The van der Waals surface area contributed by atoms with Crippen molar-refractivity contribution >= 4 is 41.0 Å². The number of rotatable bonds is 4. The summed E-state index contributed by atoms with van der Waals surface area (Å²) in [7, 11) is 0. The predicted molar refractivity (Wildman–Crippen MR) is 88.9 cm³/mol. The molecule has 7 nitrogen and oxygen atoms in total. The number of benzene rings is 1. The van der Waals surface area contributed by atoms with E-state index in [0.29, 0.717) is 10.6 Å². The summed E-state index contributed by atoms with van der Waals surface area (Å²) in [4.78, 5) is 35.7. The average molecular weight is 388 g/mol. The van der Waals surface area contributed by atoms with Gasteiger partial charge in [-0.1, -0.05) is 29.3 Å². The molecule has 0 bridgehead atoms. The van der Waals surface area contributed by atoms with Crippen LogP contribution in [0.1, 0.15) is 26.3 Å². The Labute approximate surface area is 153 Å². The van der Waals surface area contributed by atoms with Crippen molar-refractivity contribution in [2.75, 3.05) is 6.61 Å². The van der Waals surface area contributed by atoms with E-state index in [1.54, 1.807) is 13.0 Å². The van der Waals surface area contributed by atoms with Gasteiger partial charge in [-0.3, -0.25) is 14.9 Å². The van der Waals surface area contributed by atoms with Crippen LogP contribution in [0.3, 0.4) is 0 Å². The summed E-state index contributed by atoms with van der Waals surface area (Å²) < 4.78 is 15.3. The zero-order valence-corrected chi connectivity index (χ0v) is 15.2. The molecule has 134 valence electrons. The summed E-state index contributed by atoms with van der Waals surface area (Å²) in [6, 6.07) is 4.51. The van der Waals surface area contributed by atoms with E-state index in [1.807, 2.05) is 0 Å². The second-order valence-corrected chi connectivity index (χ2v) is 6.01. The summed E-state index contributed by atoms with van der Waals surface area (Å²) in [6.45, 7) is 4.30. The molecule has 0 spiro atoms. The van der Waals surface area contributed by atoms with Gasteiger partial charge in [-0.2, -0.15) is 0 Å². The van der Waals surface area contributed by atoms with Gasteiger partial charge in [-0.25, -0.2) is 4.79 Å².